The predicted molar refractivity (Wildman–Crippen MR) is 82.8 cm³/mol. The van der Waals surface area contributed by atoms with Crippen molar-refractivity contribution in [2.75, 3.05) is 5.75 Å². The molecule has 0 amide bonds. The van der Waals surface area contributed by atoms with Crippen LogP contribution in [-0.2, 0) is 10.0 Å². The first-order chi connectivity index (χ1) is 10.4. The average molecular weight is 327 g/mol. The molecule has 1 fully saturated rings. The van der Waals surface area contributed by atoms with Crippen molar-refractivity contribution in [3.05, 3.63) is 29.6 Å². The summed E-state index contributed by atoms with van der Waals surface area (Å²) in [5, 5.41) is 0. The van der Waals surface area contributed by atoms with Crippen LogP contribution in [0.5, 0.6) is 5.75 Å². The number of ether oxygens (including phenoxy) is 1. The van der Waals surface area contributed by atoms with Crippen LogP contribution in [0.15, 0.2) is 18.2 Å². The highest BCUT2D eigenvalue weighted by Crippen LogP contribution is 2.46. The van der Waals surface area contributed by atoms with Crippen LogP contribution in [0.2, 0.25) is 0 Å². The van der Waals surface area contributed by atoms with Gasteiger partial charge in [-0.15, -0.1) is 0 Å². The van der Waals surface area contributed by atoms with E-state index in [9.17, 15) is 12.8 Å². The molecule has 2 aliphatic rings. The molecular weight excluding hydrogens is 305 g/mol. The van der Waals surface area contributed by atoms with Crippen molar-refractivity contribution in [1.29, 1.82) is 0 Å². The van der Waals surface area contributed by atoms with E-state index in [1.807, 2.05) is 0 Å². The smallest absolute Gasteiger partial charge is 0.211 e. The normalized spacial score (nSPS) is 23.8. The van der Waals surface area contributed by atoms with Gasteiger partial charge in [0.1, 0.15) is 17.2 Å². The Bertz CT molecular complexity index is 653. The maximum atomic E-state index is 13.6. The quantitative estimate of drug-likeness (QED) is 0.927. The van der Waals surface area contributed by atoms with E-state index in [2.05, 4.69) is 4.72 Å². The topological polar surface area (TPSA) is 55.4 Å². The number of hydrogen-bond donors (Lipinski definition) is 1. The van der Waals surface area contributed by atoms with Gasteiger partial charge in [-0.2, -0.15) is 0 Å². The number of rotatable bonds is 3. The number of nitrogens with one attached hydrogen (secondary N) is 1. The Morgan fingerprint density at radius 2 is 2.05 bits per heavy atom. The minimum atomic E-state index is -3.36. The summed E-state index contributed by atoms with van der Waals surface area (Å²) in [7, 11) is -3.36. The number of benzene rings is 1. The monoisotopic (exact) mass is 327 g/mol. The van der Waals surface area contributed by atoms with Gasteiger partial charge in [0.25, 0.3) is 0 Å². The fraction of sp³-hybridized carbons (Fsp3) is 0.625. The Balaban J connectivity index is 1.97. The van der Waals surface area contributed by atoms with Crippen LogP contribution in [0.25, 0.3) is 0 Å². The molecule has 0 bridgehead atoms. The van der Waals surface area contributed by atoms with Crippen molar-refractivity contribution in [2.45, 2.75) is 57.1 Å². The van der Waals surface area contributed by atoms with Gasteiger partial charge in [0, 0.05) is 12.0 Å². The van der Waals surface area contributed by atoms with Gasteiger partial charge in [-0.25, -0.2) is 17.5 Å². The lowest BCUT2D eigenvalue weighted by atomic mass is 9.77. The van der Waals surface area contributed by atoms with Crippen molar-refractivity contribution in [3.63, 3.8) is 0 Å². The highest BCUT2D eigenvalue weighted by atomic mass is 32.2. The van der Waals surface area contributed by atoms with Gasteiger partial charge in [-0.3, -0.25) is 0 Å². The molecule has 1 aromatic carbocycles. The van der Waals surface area contributed by atoms with Gasteiger partial charge in [0.05, 0.1) is 11.8 Å². The lowest BCUT2D eigenvalue weighted by Crippen LogP contribution is -2.46. The summed E-state index contributed by atoms with van der Waals surface area (Å²) < 4.78 is 46.5. The summed E-state index contributed by atoms with van der Waals surface area (Å²) in [6, 6.07) is 3.95. The lowest BCUT2D eigenvalue weighted by Gasteiger charge is -2.44. The van der Waals surface area contributed by atoms with Crippen LogP contribution in [0.3, 0.4) is 0 Å². The molecule has 1 spiro atoms. The molecule has 4 nitrogen and oxygen atoms in total. The second-order valence-electron chi connectivity index (χ2n) is 6.31. The fourth-order valence-electron chi connectivity index (χ4n) is 3.55. The van der Waals surface area contributed by atoms with E-state index in [0.29, 0.717) is 17.7 Å². The zero-order chi connectivity index (χ0) is 15.8. The Labute approximate surface area is 131 Å². The van der Waals surface area contributed by atoms with E-state index in [-0.39, 0.29) is 17.2 Å². The van der Waals surface area contributed by atoms with E-state index in [0.717, 1.165) is 25.7 Å². The van der Waals surface area contributed by atoms with Gasteiger partial charge in [0.2, 0.25) is 10.0 Å². The zero-order valence-corrected chi connectivity index (χ0v) is 13.6. The molecule has 1 heterocycles. The Kier molecular flexibility index (Phi) is 4.16. The van der Waals surface area contributed by atoms with Crippen LogP contribution in [0, 0.1) is 5.82 Å². The van der Waals surface area contributed by atoms with E-state index < -0.39 is 16.1 Å². The molecule has 0 radical (unpaired) electrons. The summed E-state index contributed by atoms with van der Waals surface area (Å²) in [6.45, 7) is 1.60. The minimum Gasteiger partial charge on any atom is -0.487 e. The SMILES string of the molecule is CCS(=O)(=O)NC1CC2(CCCCC2)Oc2ccc(F)cc21. The van der Waals surface area contributed by atoms with Crippen LogP contribution in [-0.4, -0.2) is 19.8 Å². The standard InChI is InChI=1S/C16H22FNO3S/c1-2-22(19,20)18-14-11-16(8-4-3-5-9-16)21-15-7-6-12(17)10-13(14)15/h6-7,10,14,18H,2-5,8-9,11H2,1H3. The molecule has 3 rings (SSSR count). The fourth-order valence-corrected chi connectivity index (χ4v) is 4.36. The maximum absolute atomic E-state index is 13.6. The Morgan fingerprint density at radius 3 is 2.73 bits per heavy atom. The molecule has 1 aliphatic heterocycles. The van der Waals surface area contributed by atoms with Gasteiger partial charge in [-0.05, 0) is 50.8 Å². The third kappa shape index (κ3) is 3.13. The first-order valence-electron chi connectivity index (χ1n) is 7.91. The number of sulfonamides is 1. The van der Waals surface area contributed by atoms with E-state index in [1.165, 1.54) is 18.6 Å². The number of halogens is 1. The molecule has 1 aliphatic carbocycles. The molecular formula is C16H22FNO3S. The third-order valence-electron chi connectivity index (χ3n) is 4.72. The highest BCUT2D eigenvalue weighted by molar-refractivity contribution is 7.89. The molecule has 1 N–H and O–H groups in total. The maximum Gasteiger partial charge on any atom is 0.211 e. The Morgan fingerprint density at radius 1 is 1.32 bits per heavy atom. The van der Waals surface area contributed by atoms with E-state index in [1.54, 1.807) is 13.0 Å². The lowest BCUT2D eigenvalue weighted by molar-refractivity contribution is -0.0000856. The van der Waals surface area contributed by atoms with Gasteiger partial charge < -0.3 is 4.74 Å². The summed E-state index contributed by atoms with van der Waals surface area (Å²) in [5.41, 5.74) is 0.289. The molecule has 1 saturated carbocycles. The van der Waals surface area contributed by atoms with Gasteiger partial charge >= 0.3 is 0 Å². The van der Waals surface area contributed by atoms with Crippen LogP contribution >= 0.6 is 0 Å². The number of hydrogen-bond acceptors (Lipinski definition) is 3. The summed E-state index contributed by atoms with van der Waals surface area (Å²) in [4.78, 5) is 0. The summed E-state index contributed by atoms with van der Waals surface area (Å²) in [5.74, 6) is 0.253. The van der Waals surface area contributed by atoms with Crippen molar-refractivity contribution >= 4 is 10.0 Å². The predicted octanol–water partition coefficient (Wildman–Crippen LogP) is 3.29. The van der Waals surface area contributed by atoms with Crippen LogP contribution in [0.1, 0.15) is 57.1 Å². The summed E-state index contributed by atoms with van der Waals surface area (Å²) >= 11 is 0. The van der Waals surface area contributed by atoms with Gasteiger partial charge in [0.15, 0.2) is 0 Å². The first-order valence-corrected chi connectivity index (χ1v) is 9.57. The first kappa shape index (κ1) is 15.7. The largest absolute Gasteiger partial charge is 0.487 e. The molecule has 122 valence electrons. The molecule has 22 heavy (non-hydrogen) atoms. The zero-order valence-electron chi connectivity index (χ0n) is 12.8. The Hall–Kier alpha value is -1.14. The number of fused-ring (bicyclic) bond motifs is 1. The van der Waals surface area contributed by atoms with E-state index in [4.69, 9.17) is 4.74 Å². The van der Waals surface area contributed by atoms with Crippen molar-refractivity contribution in [1.82, 2.24) is 4.72 Å². The third-order valence-corrected chi connectivity index (χ3v) is 6.12. The molecule has 0 aromatic heterocycles. The molecule has 0 saturated heterocycles. The minimum absolute atomic E-state index is 0.0159. The average Bonchev–Trinajstić information content (AvgIpc) is 2.49. The highest BCUT2D eigenvalue weighted by Gasteiger charge is 2.42. The van der Waals surface area contributed by atoms with Gasteiger partial charge in [-0.1, -0.05) is 6.42 Å². The summed E-state index contributed by atoms with van der Waals surface area (Å²) in [6.07, 6.45) is 5.78. The van der Waals surface area contributed by atoms with Crippen LogP contribution in [0.4, 0.5) is 4.39 Å². The van der Waals surface area contributed by atoms with E-state index >= 15 is 0 Å². The van der Waals surface area contributed by atoms with Crippen LogP contribution < -0.4 is 9.46 Å². The second-order valence-corrected chi connectivity index (χ2v) is 8.35. The van der Waals surface area contributed by atoms with Crippen molar-refractivity contribution in [2.24, 2.45) is 0 Å². The molecule has 1 unspecified atom stereocenters. The van der Waals surface area contributed by atoms with Crippen molar-refractivity contribution < 1.29 is 17.5 Å². The second kappa shape index (κ2) is 5.81. The molecule has 1 aromatic rings. The van der Waals surface area contributed by atoms with Crippen molar-refractivity contribution in [3.8, 4) is 5.75 Å². The molecule has 1 atom stereocenters. The molecule has 6 heteroatoms.